The molecule has 0 radical (unpaired) electrons. The van der Waals surface area contributed by atoms with Crippen LogP contribution in [-0.2, 0) is 0 Å². The van der Waals surface area contributed by atoms with Crippen LogP contribution in [0.15, 0.2) is 41.2 Å². The van der Waals surface area contributed by atoms with Gasteiger partial charge in [-0.25, -0.2) is 4.79 Å². The SMILES string of the molecule is COc1cc(C(N)c2ccc3[nH]c(=O)[nH]c3c2)ccc1C. The van der Waals surface area contributed by atoms with E-state index in [0.717, 1.165) is 33.5 Å². The summed E-state index contributed by atoms with van der Waals surface area (Å²) in [7, 11) is 1.65. The molecule has 0 saturated carbocycles. The molecule has 1 aromatic heterocycles. The van der Waals surface area contributed by atoms with Crippen LogP contribution in [0.1, 0.15) is 22.7 Å². The van der Waals surface area contributed by atoms with Crippen molar-refractivity contribution in [3.63, 3.8) is 0 Å². The Kier molecular flexibility index (Phi) is 3.27. The van der Waals surface area contributed by atoms with Crippen LogP contribution in [0.25, 0.3) is 11.0 Å². The summed E-state index contributed by atoms with van der Waals surface area (Å²) >= 11 is 0. The van der Waals surface area contributed by atoms with Crippen molar-refractivity contribution in [1.82, 2.24) is 9.97 Å². The first-order valence-electron chi connectivity index (χ1n) is 6.70. The number of nitrogens with one attached hydrogen (secondary N) is 2. The molecule has 3 rings (SSSR count). The maximum atomic E-state index is 11.3. The van der Waals surface area contributed by atoms with Gasteiger partial charge in [0.2, 0.25) is 0 Å². The zero-order valence-corrected chi connectivity index (χ0v) is 11.9. The van der Waals surface area contributed by atoms with Crippen molar-refractivity contribution in [3.05, 3.63) is 63.6 Å². The molecule has 21 heavy (non-hydrogen) atoms. The summed E-state index contributed by atoms with van der Waals surface area (Å²) in [6.45, 7) is 1.99. The predicted octanol–water partition coefficient (Wildman–Crippen LogP) is 2.22. The third-order valence-electron chi connectivity index (χ3n) is 3.69. The fraction of sp³-hybridized carbons (Fsp3) is 0.188. The number of fused-ring (bicyclic) bond motifs is 1. The van der Waals surface area contributed by atoms with Crippen molar-refractivity contribution in [2.45, 2.75) is 13.0 Å². The highest BCUT2D eigenvalue weighted by atomic mass is 16.5. The van der Waals surface area contributed by atoms with Crippen molar-refractivity contribution in [1.29, 1.82) is 0 Å². The molecule has 1 atom stereocenters. The van der Waals surface area contributed by atoms with Gasteiger partial charge in [-0.1, -0.05) is 18.2 Å². The fourth-order valence-corrected chi connectivity index (χ4v) is 2.47. The minimum Gasteiger partial charge on any atom is -0.496 e. The van der Waals surface area contributed by atoms with Crippen molar-refractivity contribution in [2.75, 3.05) is 7.11 Å². The van der Waals surface area contributed by atoms with Crippen molar-refractivity contribution in [2.24, 2.45) is 5.73 Å². The molecule has 4 N–H and O–H groups in total. The van der Waals surface area contributed by atoms with Gasteiger partial charge >= 0.3 is 5.69 Å². The smallest absolute Gasteiger partial charge is 0.323 e. The Morgan fingerprint density at radius 1 is 1.05 bits per heavy atom. The lowest BCUT2D eigenvalue weighted by Gasteiger charge is -2.15. The lowest BCUT2D eigenvalue weighted by Crippen LogP contribution is -2.12. The second-order valence-corrected chi connectivity index (χ2v) is 5.09. The average molecular weight is 283 g/mol. The molecular formula is C16H17N3O2. The number of H-pyrrole nitrogens is 2. The molecule has 108 valence electrons. The molecule has 3 aromatic rings. The van der Waals surface area contributed by atoms with E-state index in [9.17, 15) is 4.79 Å². The molecule has 1 heterocycles. The number of aryl methyl sites for hydroxylation is 1. The average Bonchev–Trinajstić information content (AvgIpc) is 2.86. The van der Waals surface area contributed by atoms with Gasteiger partial charge in [0.1, 0.15) is 5.75 Å². The normalized spacial score (nSPS) is 12.5. The van der Waals surface area contributed by atoms with Gasteiger partial charge in [-0.15, -0.1) is 0 Å². The van der Waals surface area contributed by atoms with Gasteiger partial charge in [-0.3, -0.25) is 0 Å². The third-order valence-corrected chi connectivity index (χ3v) is 3.69. The highest BCUT2D eigenvalue weighted by molar-refractivity contribution is 5.75. The van der Waals surface area contributed by atoms with Gasteiger partial charge in [0.05, 0.1) is 24.2 Å². The number of nitrogens with two attached hydrogens (primary N) is 1. The maximum absolute atomic E-state index is 11.3. The van der Waals surface area contributed by atoms with Crippen LogP contribution < -0.4 is 16.2 Å². The van der Waals surface area contributed by atoms with Crippen LogP contribution in [0.4, 0.5) is 0 Å². The Hall–Kier alpha value is -2.53. The van der Waals surface area contributed by atoms with E-state index in [1.54, 1.807) is 7.11 Å². The number of aromatic nitrogens is 2. The number of aromatic amines is 2. The maximum Gasteiger partial charge on any atom is 0.323 e. The summed E-state index contributed by atoms with van der Waals surface area (Å²) in [5.41, 5.74) is 10.6. The molecule has 0 spiro atoms. The summed E-state index contributed by atoms with van der Waals surface area (Å²) in [6.07, 6.45) is 0. The van der Waals surface area contributed by atoms with Crippen molar-refractivity contribution >= 4 is 11.0 Å². The predicted molar refractivity (Wildman–Crippen MR) is 82.7 cm³/mol. The first-order valence-corrected chi connectivity index (χ1v) is 6.70. The number of rotatable bonds is 3. The van der Waals surface area contributed by atoms with Crippen LogP contribution in [0.3, 0.4) is 0 Å². The van der Waals surface area contributed by atoms with E-state index < -0.39 is 0 Å². The molecule has 0 bridgehead atoms. The zero-order chi connectivity index (χ0) is 15.0. The van der Waals surface area contributed by atoms with E-state index in [0.29, 0.717) is 0 Å². The third kappa shape index (κ3) is 2.43. The van der Waals surface area contributed by atoms with Crippen LogP contribution in [0, 0.1) is 6.92 Å². The summed E-state index contributed by atoms with van der Waals surface area (Å²) < 4.78 is 5.34. The highest BCUT2D eigenvalue weighted by Crippen LogP contribution is 2.26. The number of ether oxygens (including phenoxy) is 1. The van der Waals surface area contributed by atoms with Gasteiger partial charge in [0.25, 0.3) is 0 Å². The minimum atomic E-state index is -0.276. The lowest BCUT2D eigenvalue weighted by molar-refractivity contribution is 0.411. The van der Waals surface area contributed by atoms with Crippen LogP contribution >= 0.6 is 0 Å². The van der Waals surface area contributed by atoms with Crippen LogP contribution in [0.5, 0.6) is 5.75 Å². The highest BCUT2D eigenvalue weighted by Gasteiger charge is 2.12. The number of hydrogen-bond donors (Lipinski definition) is 3. The van der Waals surface area contributed by atoms with Gasteiger partial charge in [-0.05, 0) is 41.8 Å². The first-order chi connectivity index (χ1) is 10.1. The summed E-state index contributed by atoms with van der Waals surface area (Å²) in [6, 6.07) is 11.3. The van der Waals surface area contributed by atoms with Gasteiger partial charge in [0.15, 0.2) is 0 Å². The molecule has 0 amide bonds. The summed E-state index contributed by atoms with van der Waals surface area (Å²) in [5, 5.41) is 0. The first kappa shape index (κ1) is 13.5. The fourth-order valence-electron chi connectivity index (χ4n) is 2.47. The van der Waals surface area contributed by atoms with Crippen LogP contribution in [-0.4, -0.2) is 17.1 Å². The molecule has 0 aliphatic carbocycles. The zero-order valence-electron chi connectivity index (χ0n) is 11.9. The molecular weight excluding hydrogens is 266 g/mol. The van der Waals surface area contributed by atoms with E-state index in [4.69, 9.17) is 10.5 Å². The van der Waals surface area contributed by atoms with Crippen molar-refractivity contribution < 1.29 is 4.74 Å². The molecule has 1 unspecified atom stereocenters. The van der Waals surface area contributed by atoms with E-state index in [1.807, 2.05) is 43.3 Å². The quantitative estimate of drug-likeness (QED) is 0.689. The monoisotopic (exact) mass is 283 g/mol. The Morgan fingerprint density at radius 2 is 1.71 bits per heavy atom. The molecule has 0 fully saturated rings. The van der Waals surface area contributed by atoms with Crippen LogP contribution in [0.2, 0.25) is 0 Å². The van der Waals surface area contributed by atoms with Gasteiger partial charge in [0, 0.05) is 0 Å². The standard InChI is InChI=1S/C16H17N3O2/c1-9-3-4-11(8-14(9)21-2)15(17)10-5-6-12-13(7-10)19-16(20)18-12/h3-8,15H,17H2,1-2H3,(H2,18,19,20). The second kappa shape index (κ2) is 5.10. The van der Waals surface area contributed by atoms with E-state index in [-0.39, 0.29) is 11.7 Å². The Bertz CT molecular complexity index is 848. The van der Waals surface area contributed by atoms with Gasteiger partial charge < -0.3 is 20.4 Å². The largest absolute Gasteiger partial charge is 0.496 e. The molecule has 5 nitrogen and oxygen atoms in total. The summed E-state index contributed by atoms with van der Waals surface area (Å²) in [4.78, 5) is 16.8. The molecule has 0 aliphatic rings. The Morgan fingerprint density at radius 3 is 2.48 bits per heavy atom. The topological polar surface area (TPSA) is 83.9 Å². The van der Waals surface area contributed by atoms with E-state index in [1.165, 1.54) is 0 Å². The van der Waals surface area contributed by atoms with E-state index >= 15 is 0 Å². The Labute approximate surface area is 121 Å². The van der Waals surface area contributed by atoms with E-state index in [2.05, 4.69) is 9.97 Å². The van der Waals surface area contributed by atoms with Crippen molar-refractivity contribution in [3.8, 4) is 5.75 Å². The number of hydrogen-bond acceptors (Lipinski definition) is 3. The molecule has 5 heteroatoms. The molecule has 0 saturated heterocycles. The number of imidazole rings is 1. The molecule has 2 aromatic carbocycles. The number of benzene rings is 2. The Balaban J connectivity index is 2.02. The second-order valence-electron chi connectivity index (χ2n) is 5.09. The van der Waals surface area contributed by atoms with Gasteiger partial charge in [-0.2, -0.15) is 0 Å². The lowest BCUT2D eigenvalue weighted by atomic mass is 9.98. The number of methoxy groups -OCH3 is 1. The summed E-state index contributed by atoms with van der Waals surface area (Å²) in [5.74, 6) is 0.819. The molecule has 0 aliphatic heterocycles. The minimum absolute atomic E-state index is 0.215.